The van der Waals surface area contributed by atoms with E-state index >= 15 is 0 Å². The van der Waals surface area contributed by atoms with Crippen molar-refractivity contribution in [3.05, 3.63) is 60.7 Å². The summed E-state index contributed by atoms with van der Waals surface area (Å²) >= 11 is 1.69. The normalized spacial score (nSPS) is 12.7. The zero-order valence-corrected chi connectivity index (χ0v) is 15.6. The maximum atomic E-state index is 12.6. The third-order valence-corrected chi connectivity index (χ3v) is 5.08. The molecule has 1 heterocycles. The highest BCUT2D eigenvalue weighted by Gasteiger charge is 2.21. The highest BCUT2D eigenvalue weighted by atomic mass is 32.2. The molecule has 0 atom stereocenters. The molecule has 1 aliphatic heterocycles. The van der Waals surface area contributed by atoms with Crippen LogP contribution in [-0.2, 0) is 9.59 Å². The fourth-order valence-electron chi connectivity index (χ4n) is 2.76. The second-order valence-corrected chi connectivity index (χ2v) is 7.07. The van der Waals surface area contributed by atoms with Crippen molar-refractivity contribution in [2.75, 3.05) is 27.8 Å². The molecule has 0 saturated carbocycles. The van der Waals surface area contributed by atoms with Gasteiger partial charge in [-0.2, -0.15) is 0 Å². The van der Waals surface area contributed by atoms with E-state index in [4.69, 9.17) is 0 Å². The third kappa shape index (κ3) is 4.38. The Balaban J connectivity index is 1.79. The van der Waals surface area contributed by atoms with Crippen LogP contribution in [0.4, 0.5) is 17.1 Å². The Morgan fingerprint density at radius 2 is 1.89 bits per heavy atom. The van der Waals surface area contributed by atoms with E-state index in [9.17, 15) is 14.4 Å². The first kappa shape index (κ1) is 18.7. The predicted octanol–water partition coefficient (Wildman–Crippen LogP) is 3.52. The lowest BCUT2D eigenvalue weighted by Crippen LogP contribution is -2.33. The number of nitrogens with zero attached hydrogens (tertiary/aromatic N) is 1. The number of carbonyl (C=O) groups excluding carboxylic acids is 3. The van der Waals surface area contributed by atoms with Crippen molar-refractivity contribution in [2.24, 2.45) is 0 Å². The monoisotopic (exact) mass is 381 g/mol. The van der Waals surface area contributed by atoms with Crippen molar-refractivity contribution in [1.82, 2.24) is 0 Å². The number of carbonyl (C=O) groups is 3. The quantitative estimate of drug-likeness (QED) is 0.795. The second kappa shape index (κ2) is 8.09. The Morgan fingerprint density at radius 1 is 1.11 bits per heavy atom. The fraction of sp³-hybridized carbons (Fsp3) is 0.150. The fourth-order valence-corrected chi connectivity index (χ4v) is 3.73. The second-order valence-electron chi connectivity index (χ2n) is 5.93. The average Bonchev–Trinajstić information content (AvgIpc) is 2.67. The highest BCUT2D eigenvalue weighted by molar-refractivity contribution is 7.99. The van der Waals surface area contributed by atoms with Gasteiger partial charge in [-0.25, -0.2) is 0 Å². The van der Waals surface area contributed by atoms with E-state index in [0.717, 1.165) is 16.3 Å². The number of anilines is 3. The van der Waals surface area contributed by atoms with Gasteiger partial charge in [-0.3, -0.25) is 14.4 Å². The van der Waals surface area contributed by atoms with Crippen molar-refractivity contribution < 1.29 is 14.4 Å². The van der Waals surface area contributed by atoms with Crippen LogP contribution in [0.2, 0.25) is 0 Å². The Labute approximate surface area is 161 Å². The summed E-state index contributed by atoms with van der Waals surface area (Å²) in [6, 6.07) is 12.2. The van der Waals surface area contributed by atoms with E-state index in [1.807, 2.05) is 18.2 Å². The molecule has 3 rings (SSSR count). The molecule has 0 saturated heterocycles. The van der Waals surface area contributed by atoms with E-state index in [1.54, 1.807) is 40.9 Å². The maximum absolute atomic E-state index is 12.6. The van der Waals surface area contributed by atoms with Gasteiger partial charge in [0.2, 0.25) is 11.8 Å². The van der Waals surface area contributed by atoms with Gasteiger partial charge in [-0.05, 0) is 42.5 Å². The Bertz CT molecular complexity index is 926. The summed E-state index contributed by atoms with van der Waals surface area (Å²) in [5.74, 6) is 0.180. The van der Waals surface area contributed by atoms with Crippen LogP contribution >= 0.6 is 11.8 Å². The lowest BCUT2D eigenvalue weighted by Gasteiger charge is -2.28. The SMILES string of the molecule is C=CC(=O)Nc1cccc(C(=O)Nc2ccc3c(c2)N(C(C)=O)CCS3)c1. The first-order valence-corrected chi connectivity index (χ1v) is 9.36. The molecule has 0 fully saturated rings. The number of rotatable bonds is 4. The van der Waals surface area contributed by atoms with Gasteiger partial charge in [0.25, 0.3) is 5.91 Å². The van der Waals surface area contributed by atoms with Gasteiger partial charge in [0.1, 0.15) is 0 Å². The van der Waals surface area contributed by atoms with Crippen LogP contribution in [0.5, 0.6) is 0 Å². The Morgan fingerprint density at radius 3 is 2.63 bits per heavy atom. The molecule has 2 N–H and O–H groups in total. The maximum Gasteiger partial charge on any atom is 0.255 e. The van der Waals surface area contributed by atoms with Gasteiger partial charge in [-0.1, -0.05) is 12.6 Å². The van der Waals surface area contributed by atoms with E-state index in [-0.39, 0.29) is 17.7 Å². The minimum atomic E-state index is -0.343. The molecule has 0 unspecified atom stereocenters. The molecule has 0 aromatic heterocycles. The third-order valence-electron chi connectivity index (χ3n) is 4.04. The van der Waals surface area contributed by atoms with E-state index in [0.29, 0.717) is 23.5 Å². The molecular formula is C20H19N3O3S. The first-order valence-electron chi connectivity index (χ1n) is 8.37. The van der Waals surface area contributed by atoms with E-state index in [1.165, 1.54) is 13.0 Å². The Kier molecular flexibility index (Phi) is 5.61. The number of hydrogen-bond donors (Lipinski definition) is 2. The summed E-state index contributed by atoms with van der Waals surface area (Å²) in [6.45, 7) is 5.59. The molecule has 138 valence electrons. The lowest BCUT2D eigenvalue weighted by atomic mass is 10.1. The van der Waals surface area contributed by atoms with Crippen molar-refractivity contribution in [2.45, 2.75) is 11.8 Å². The standard InChI is InChI=1S/C20H19N3O3S/c1-3-19(25)21-15-6-4-5-14(11-15)20(26)22-16-7-8-18-17(12-16)23(13(2)24)9-10-27-18/h3-8,11-12H,1,9-10H2,2H3,(H,21,25)(H,22,26). The lowest BCUT2D eigenvalue weighted by molar-refractivity contribution is -0.116. The summed E-state index contributed by atoms with van der Waals surface area (Å²) in [5.41, 5.74) is 2.33. The molecule has 0 bridgehead atoms. The zero-order chi connectivity index (χ0) is 19.4. The topological polar surface area (TPSA) is 78.5 Å². The molecule has 2 aromatic carbocycles. The summed E-state index contributed by atoms with van der Waals surface area (Å²) in [6.07, 6.45) is 1.17. The predicted molar refractivity (Wildman–Crippen MR) is 108 cm³/mol. The summed E-state index contributed by atoms with van der Waals surface area (Å²) in [7, 11) is 0. The van der Waals surface area contributed by atoms with Crippen LogP contribution < -0.4 is 15.5 Å². The molecule has 0 aliphatic carbocycles. The number of fused-ring (bicyclic) bond motifs is 1. The van der Waals surface area contributed by atoms with Crippen molar-refractivity contribution in [1.29, 1.82) is 0 Å². The van der Waals surface area contributed by atoms with Crippen LogP contribution in [0, 0.1) is 0 Å². The molecule has 3 amide bonds. The Hall–Kier alpha value is -3.06. The largest absolute Gasteiger partial charge is 0.323 e. The number of amides is 3. The van der Waals surface area contributed by atoms with Crippen molar-refractivity contribution in [3.63, 3.8) is 0 Å². The number of nitrogens with one attached hydrogen (secondary N) is 2. The van der Waals surface area contributed by atoms with Crippen LogP contribution in [-0.4, -0.2) is 30.0 Å². The van der Waals surface area contributed by atoms with E-state index < -0.39 is 0 Å². The molecule has 27 heavy (non-hydrogen) atoms. The zero-order valence-electron chi connectivity index (χ0n) is 14.8. The summed E-state index contributed by atoms with van der Waals surface area (Å²) in [4.78, 5) is 38.6. The number of benzene rings is 2. The van der Waals surface area contributed by atoms with Crippen molar-refractivity contribution in [3.8, 4) is 0 Å². The minimum absolute atomic E-state index is 0.0225. The first-order chi connectivity index (χ1) is 13.0. The molecule has 1 aliphatic rings. The van der Waals surface area contributed by atoms with Crippen LogP contribution in [0.3, 0.4) is 0 Å². The molecule has 0 radical (unpaired) electrons. The molecular weight excluding hydrogens is 362 g/mol. The average molecular weight is 381 g/mol. The van der Waals surface area contributed by atoms with Gasteiger partial charge in [-0.15, -0.1) is 11.8 Å². The summed E-state index contributed by atoms with van der Waals surface area (Å²) < 4.78 is 0. The number of hydrogen-bond acceptors (Lipinski definition) is 4. The molecule has 6 nitrogen and oxygen atoms in total. The minimum Gasteiger partial charge on any atom is -0.323 e. The van der Waals surface area contributed by atoms with Gasteiger partial charge in [0, 0.05) is 41.1 Å². The highest BCUT2D eigenvalue weighted by Crippen LogP contribution is 2.36. The van der Waals surface area contributed by atoms with Crippen LogP contribution in [0.1, 0.15) is 17.3 Å². The molecule has 7 heteroatoms. The number of thioether (sulfide) groups is 1. The van der Waals surface area contributed by atoms with Gasteiger partial charge in [0.15, 0.2) is 0 Å². The van der Waals surface area contributed by atoms with E-state index in [2.05, 4.69) is 17.2 Å². The molecule has 0 spiro atoms. The van der Waals surface area contributed by atoms with Gasteiger partial charge in [0.05, 0.1) is 5.69 Å². The van der Waals surface area contributed by atoms with Crippen LogP contribution in [0.15, 0.2) is 60.0 Å². The molecule has 2 aromatic rings. The smallest absolute Gasteiger partial charge is 0.255 e. The van der Waals surface area contributed by atoms with Gasteiger partial charge < -0.3 is 15.5 Å². The summed E-state index contributed by atoms with van der Waals surface area (Å²) in [5, 5.41) is 5.47. The van der Waals surface area contributed by atoms with Crippen LogP contribution in [0.25, 0.3) is 0 Å². The van der Waals surface area contributed by atoms with Gasteiger partial charge >= 0.3 is 0 Å². The van der Waals surface area contributed by atoms with Crippen molar-refractivity contribution >= 4 is 46.5 Å².